The van der Waals surface area contributed by atoms with Crippen LogP contribution in [-0.4, -0.2) is 31.5 Å². The molecule has 0 aliphatic rings. The van der Waals surface area contributed by atoms with Gasteiger partial charge in [-0.15, -0.1) is 0 Å². The molecule has 0 saturated heterocycles. The smallest absolute Gasteiger partial charge is 0.318 e. The number of aromatic amines is 1. The Kier molecular flexibility index (Phi) is 2.71. The van der Waals surface area contributed by atoms with Gasteiger partial charge in [0.2, 0.25) is 0 Å². The number of hydrogen-bond acceptors (Lipinski definition) is 6. The van der Waals surface area contributed by atoms with Gasteiger partial charge in [0, 0.05) is 12.4 Å². The summed E-state index contributed by atoms with van der Waals surface area (Å²) in [5.41, 5.74) is 8.67. The molecule has 3 aromatic heterocycles. The summed E-state index contributed by atoms with van der Waals surface area (Å²) in [5.74, 6) is 0.322. The van der Waals surface area contributed by atoms with E-state index in [4.69, 9.17) is 10.5 Å². The Labute approximate surface area is 108 Å². The van der Waals surface area contributed by atoms with E-state index in [1.807, 2.05) is 13.0 Å². The summed E-state index contributed by atoms with van der Waals surface area (Å²) in [4.78, 5) is 19.8. The molecule has 3 rings (SSSR count). The van der Waals surface area contributed by atoms with Crippen LogP contribution in [0.15, 0.2) is 24.7 Å². The lowest BCUT2D eigenvalue weighted by molar-refractivity contribution is 0.313. The number of nitrogens with zero attached hydrogens (tertiary/aromatic N) is 4. The van der Waals surface area contributed by atoms with Gasteiger partial charge in [-0.25, -0.2) is 15.0 Å². The van der Waals surface area contributed by atoms with Crippen molar-refractivity contribution >= 4 is 17.0 Å². The number of ether oxygens (including phenoxy) is 1. The van der Waals surface area contributed by atoms with Gasteiger partial charge in [0.25, 0.3) is 0 Å². The first-order chi connectivity index (χ1) is 9.28. The molecule has 3 aromatic rings. The predicted octanol–water partition coefficient (Wildman–Crippen LogP) is 1.40. The molecule has 0 bridgehead atoms. The molecule has 3 N–H and O–H groups in total. The van der Waals surface area contributed by atoms with E-state index in [1.54, 1.807) is 18.6 Å². The van der Waals surface area contributed by atoms with E-state index in [2.05, 4.69) is 24.9 Å². The molecule has 7 nitrogen and oxygen atoms in total. The third-order valence-corrected chi connectivity index (χ3v) is 2.61. The Bertz CT molecular complexity index is 723. The van der Waals surface area contributed by atoms with Crippen LogP contribution in [0.1, 0.15) is 6.92 Å². The van der Waals surface area contributed by atoms with Crippen LogP contribution in [0, 0.1) is 0 Å². The van der Waals surface area contributed by atoms with Crippen LogP contribution in [0.4, 0.5) is 5.82 Å². The lowest BCUT2D eigenvalue weighted by Gasteiger charge is -2.06. The van der Waals surface area contributed by atoms with Gasteiger partial charge in [-0.2, -0.15) is 4.98 Å². The van der Waals surface area contributed by atoms with Crippen LogP contribution in [-0.2, 0) is 0 Å². The molecule has 0 radical (unpaired) electrons. The van der Waals surface area contributed by atoms with Crippen molar-refractivity contribution in [3.63, 3.8) is 0 Å². The van der Waals surface area contributed by atoms with E-state index < -0.39 is 0 Å². The molecule has 0 aliphatic carbocycles. The second kappa shape index (κ2) is 4.52. The Hall–Kier alpha value is -2.70. The van der Waals surface area contributed by atoms with Gasteiger partial charge < -0.3 is 15.5 Å². The molecule has 7 heteroatoms. The van der Waals surface area contributed by atoms with Crippen molar-refractivity contribution < 1.29 is 4.74 Å². The van der Waals surface area contributed by atoms with E-state index in [-0.39, 0.29) is 6.01 Å². The highest BCUT2D eigenvalue weighted by atomic mass is 16.5. The maximum Gasteiger partial charge on any atom is 0.318 e. The van der Waals surface area contributed by atoms with Gasteiger partial charge >= 0.3 is 6.01 Å². The van der Waals surface area contributed by atoms with Crippen molar-refractivity contribution in [2.24, 2.45) is 0 Å². The summed E-state index contributed by atoms with van der Waals surface area (Å²) in [6, 6.07) is 2.11. The molecule has 0 aliphatic heterocycles. The molecule has 96 valence electrons. The molecule has 0 fully saturated rings. The Morgan fingerprint density at radius 2 is 2.16 bits per heavy atom. The van der Waals surface area contributed by atoms with Gasteiger partial charge in [0.1, 0.15) is 11.3 Å². The van der Waals surface area contributed by atoms with Gasteiger partial charge in [-0.05, 0) is 13.0 Å². The van der Waals surface area contributed by atoms with Crippen LogP contribution in [0.5, 0.6) is 6.01 Å². The van der Waals surface area contributed by atoms with Crippen molar-refractivity contribution in [1.82, 2.24) is 24.9 Å². The fourth-order valence-electron chi connectivity index (χ4n) is 1.73. The van der Waals surface area contributed by atoms with Crippen LogP contribution in [0.2, 0.25) is 0 Å². The van der Waals surface area contributed by atoms with Crippen LogP contribution < -0.4 is 10.5 Å². The van der Waals surface area contributed by atoms with Crippen molar-refractivity contribution in [3.8, 4) is 17.3 Å². The average molecular weight is 256 g/mol. The molecule has 19 heavy (non-hydrogen) atoms. The Balaban J connectivity index is 2.05. The largest absolute Gasteiger partial charge is 0.464 e. The maximum atomic E-state index is 5.90. The normalized spacial score (nSPS) is 10.8. The van der Waals surface area contributed by atoms with E-state index in [9.17, 15) is 0 Å². The molecule has 0 aromatic carbocycles. The zero-order valence-corrected chi connectivity index (χ0v) is 10.3. The van der Waals surface area contributed by atoms with Crippen molar-refractivity contribution in [1.29, 1.82) is 0 Å². The number of nitrogen functional groups attached to an aromatic ring is 1. The second-order valence-corrected chi connectivity index (χ2v) is 3.85. The van der Waals surface area contributed by atoms with Crippen molar-refractivity contribution in [2.45, 2.75) is 6.92 Å². The number of fused-ring (bicyclic) bond motifs is 1. The van der Waals surface area contributed by atoms with E-state index in [0.29, 0.717) is 23.7 Å². The SMILES string of the molecule is CCOc1ncc(-c2cnc3[nH]ccc3n2)c(N)n1. The minimum atomic E-state index is 0.263. The molecule has 3 heterocycles. The van der Waals surface area contributed by atoms with Crippen LogP contribution >= 0.6 is 0 Å². The first-order valence-electron chi connectivity index (χ1n) is 5.83. The number of anilines is 1. The minimum absolute atomic E-state index is 0.263. The molecular formula is C12H12N6O. The lowest BCUT2D eigenvalue weighted by Crippen LogP contribution is -2.02. The second-order valence-electron chi connectivity index (χ2n) is 3.85. The van der Waals surface area contributed by atoms with E-state index in [1.165, 1.54) is 0 Å². The highest BCUT2D eigenvalue weighted by molar-refractivity contribution is 5.77. The molecule has 0 atom stereocenters. The quantitative estimate of drug-likeness (QED) is 0.734. The van der Waals surface area contributed by atoms with Crippen LogP contribution in [0.3, 0.4) is 0 Å². The van der Waals surface area contributed by atoms with E-state index >= 15 is 0 Å². The minimum Gasteiger partial charge on any atom is -0.464 e. The number of H-pyrrole nitrogens is 1. The molecule has 0 saturated carbocycles. The standard InChI is InChI=1S/C12H12N6O/c1-2-19-12-16-5-7(10(13)18-12)9-6-15-11-8(17-9)3-4-14-11/h3-6H,2H2,1H3,(H,14,15)(H2,13,16,18). The van der Waals surface area contributed by atoms with E-state index in [0.717, 1.165) is 11.2 Å². The molecular weight excluding hydrogens is 244 g/mol. The number of rotatable bonds is 3. The average Bonchev–Trinajstić information content (AvgIpc) is 2.86. The zero-order valence-electron chi connectivity index (χ0n) is 10.3. The topological polar surface area (TPSA) is 103 Å². The summed E-state index contributed by atoms with van der Waals surface area (Å²) < 4.78 is 5.19. The number of aromatic nitrogens is 5. The lowest BCUT2D eigenvalue weighted by atomic mass is 10.2. The van der Waals surface area contributed by atoms with Gasteiger partial charge in [-0.1, -0.05) is 0 Å². The molecule has 0 spiro atoms. The third-order valence-electron chi connectivity index (χ3n) is 2.61. The maximum absolute atomic E-state index is 5.90. The molecule has 0 amide bonds. The van der Waals surface area contributed by atoms with Gasteiger partial charge in [0.05, 0.1) is 24.1 Å². The number of hydrogen-bond donors (Lipinski definition) is 2. The number of nitrogens with one attached hydrogen (secondary N) is 1. The first-order valence-corrected chi connectivity index (χ1v) is 5.83. The van der Waals surface area contributed by atoms with Crippen molar-refractivity contribution in [2.75, 3.05) is 12.3 Å². The number of nitrogens with two attached hydrogens (primary N) is 1. The Morgan fingerprint density at radius 1 is 1.26 bits per heavy atom. The molecule has 0 unspecified atom stereocenters. The zero-order chi connectivity index (χ0) is 13.2. The summed E-state index contributed by atoms with van der Waals surface area (Å²) in [6.45, 7) is 2.35. The fraction of sp³-hybridized carbons (Fsp3) is 0.167. The highest BCUT2D eigenvalue weighted by Crippen LogP contribution is 2.23. The summed E-state index contributed by atoms with van der Waals surface area (Å²) in [6.07, 6.45) is 5.01. The Morgan fingerprint density at radius 3 is 2.95 bits per heavy atom. The van der Waals surface area contributed by atoms with Gasteiger partial charge in [0.15, 0.2) is 5.65 Å². The summed E-state index contributed by atoms with van der Waals surface area (Å²) in [5, 5.41) is 0. The summed E-state index contributed by atoms with van der Waals surface area (Å²) in [7, 11) is 0. The van der Waals surface area contributed by atoms with Gasteiger partial charge in [-0.3, -0.25) is 0 Å². The van der Waals surface area contributed by atoms with Crippen molar-refractivity contribution in [3.05, 3.63) is 24.7 Å². The summed E-state index contributed by atoms with van der Waals surface area (Å²) >= 11 is 0. The van der Waals surface area contributed by atoms with Crippen LogP contribution in [0.25, 0.3) is 22.4 Å². The fourth-order valence-corrected chi connectivity index (χ4v) is 1.73. The predicted molar refractivity (Wildman–Crippen MR) is 70.5 cm³/mol. The third kappa shape index (κ3) is 2.05. The first kappa shape index (κ1) is 11.4. The monoisotopic (exact) mass is 256 g/mol. The highest BCUT2D eigenvalue weighted by Gasteiger charge is 2.10.